The molecule has 0 spiro atoms. The minimum absolute atomic E-state index is 0.0496. The second-order valence-corrected chi connectivity index (χ2v) is 3.79. The van der Waals surface area contributed by atoms with Gasteiger partial charge in [0.05, 0.1) is 5.56 Å². The number of nitrogens with zero attached hydrogens (tertiary/aromatic N) is 3. The zero-order valence-corrected chi connectivity index (χ0v) is 10.1. The van der Waals surface area contributed by atoms with Crippen LogP contribution in [-0.2, 0) is 13.2 Å². The van der Waals surface area contributed by atoms with Crippen molar-refractivity contribution in [1.82, 2.24) is 14.8 Å². The van der Waals surface area contributed by atoms with Gasteiger partial charge in [0, 0.05) is 6.54 Å². The zero-order valence-electron chi connectivity index (χ0n) is 10.1. The normalized spacial score (nSPS) is 11.2. The van der Waals surface area contributed by atoms with Gasteiger partial charge in [0.15, 0.2) is 34.9 Å². The average molecular weight is 293 g/mol. The molecule has 20 heavy (non-hydrogen) atoms. The van der Waals surface area contributed by atoms with Crippen LogP contribution >= 0.6 is 0 Å². The highest BCUT2D eigenvalue weighted by Crippen LogP contribution is 2.30. The summed E-state index contributed by atoms with van der Waals surface area (Å²) in [6, 6.07) is 0. The van der Waals surface area contributed by atoms with Gasteiger partial charge in [-0.05, 0) is 6.92 Å². The highest BCUT2D eigenvalue weighted by molar-refractivity contribution is 5.58. The van der Waals surface area contributed by atoms with Crippen LogP contribution in [0.2, 0.25) is 0 Å². The zero-order chi connectivity index (χ0) is 15.0. The Labute approximate surface area is 109 Å². The maximum atomic E-state index is 13.7. The van der Waals surface area contributed by atoms with Crippen LogP contribution in [0.1, 0.15) is 12.7 Å². The molecule has 0 unspecified atom stereocenters. The monoisotopic (exact) mass is 293 g/mol. The van der Waals surface area contributed by atoms with E-state index in [1.165, 1.54) is 6.92 Å². The van der Waals surface area contributed by atoms with Gasteiger partial charge in [-0.15, -0.1) is 10.2 Å². The first-order valence-electron chi connectivity index (χ1n) is 5.48. The van der Waals surface area contributed by atoms with Gasteiger partial charge >= 0.3 is 0 Å². The molecule has 1 aromatic carbocycles. The van der Waals surface area contributed by atoms with Gasteiger partial charge in [-0.25, -0.2) is 22.0 Å². The van der Waals surface area contributed by atoms with Crippen molar-refractivity contribution in [2.45, 2.75) is 20.1 Å². The summed E-state index contributed by atoms with van der Waals surface area (Å²) in [5.74, 6) is -10.9. The molecule has 108 valence electrons. The predicted molar refractivity (Wildman–Crippen MR) is 56.8 cm³/mol. The van der Waals surface area contributed by atoms with Crippen LogP contribution in [0.3, 0.4) is 0 Å². The smallest absolute Gasteiger partial charge is 0.200 e. The number of aliphatic hydroxyl groups is 1. The molecule has 0 saturated carbocycles. The molecule has 0 radical (unpaired) electrons. The molecule has 0 amide bonds. The van der Waals surface area contributed by atoms with E-state index >= 15 is 0 Å². The van der Waals surface area contributed by atoms with E-state index in [9.17, 15) is 22.0 Å². The van der Waals surface area contributed by atoms with Crippen molar-refractivity contribution >= 4 is 0 Å². The average Bonchev–Trinajstić information content (AvgIpc) is 2.86. The molecule has 9 heteroatoms. The Hall–Kier alpha value is -2.03. The predicted octanol–water partition coefficient (Wildman–Crippen LogP) is 2.15. The maximum Gasteiger partial charge on any atom is 0.200 e. The summed E-state index contributed by atoms with van der Waals surface area (Å²) >= 11 is 0. The lowest BCUT2D eigenvalue weighted by Gasteiger charge is -2.09. The number of aromatic nitrogens is 3. The fourth-order valence-electron chi connectivity index (χ4n) is 1.77. The van der Waals surface area contributed by atoms with Crippen LogP contribution < -0.4 is 0 Å². The summed E-state index contributed by atoms with van der Waals surface area (Å²) in [6.07, 6.45) is 0. The van der Waals surface area contributed by atoms with Gasteiger partial charge in [0.1, 0.15) is 6.61 Å². The number of benzene rings is 1. The molecule has 0 atom stereocenters. The number of hydrogen-bond acceptors (Lipinski definition) is 3. The minimum Gasteiger partial charge on any atom is -0.388 e. The van der Waals surface area contributed by atoms with Crippen molar-refractivity contribution in [3.8, 4) is 11.4 Å². The summed E-state index contributed by atoms with van der Waals surface area (Å²) < 4.78 is 67.6. The van der Waals surface area contributed by atoms with E-state index in [2.05, 4.69) is 10.2 Å². The lowest BCUT2D eigenvalue weighted by Crippen LogP contribution is -2.09. The van der Waals surface area contributed by atoms with Crippen molar-refractivity contribution in [2.75, 3.05) is 0 Å². The second-order valence-electron chi connectivity index (χ2n) is 3.79. The summed E-state index contributed by atoms with van der Waals surface area (Å²) in [5, 5.41) is 15.8. The first-order chi connectivity index (χ1) is 9.43. The summed E-state index contributed by atoms with van der Waals surface area (Å²) in [5.41, 5.74) is -1.17. The van der Waals surface area contributed by atoms with Gasteiger partial charge in [-0.2, -0.15) is 0 Å². The van der Waals surface area contributed by atoms with E-state index in [0.29, 0.717) is 0 Å². The lowest BCUT2D eigenvalue weighted by molar-refractivity contribution is 0.265. The lowest BCUT2D eigenvalue weighted by atomic mass is 10.1. The van der Waals surface area contributed by atoms with Crippen molar-refractivity contribution < 1.29 is 27.1 Å². The first kappa shape index (κ1) is 14.4. The van der Waals surface area contributed by atoms with E-state index in [1.54, 1.807) is 0 Å². The number of aliphatic hydroxyl groups excluding tert-OH is 1. The Morgan fingerprint density at radius 2 is 1.40 bits per heavy atom. The van der Waals surface area contributed by atoms with Crippen LogP contribution in [0.4, 0.5) is 22.0 Å². The molecule has 0 saturated heterocycles. The van der Waals surface area contributed by atoms with Crippen molar-refractivity contribution in [1.29, 1.82) is 0 Å². The molecule has 2 rings (SSSR count). The van der Waals surface area contributed by atoms with Crippen LogP contribution in [0.25, 0.3) is 11.4 Å². The van der Waals surface area contributed by atoms with Gasteiger partial charge in [0.2, 0.25) is 5.82 Å². The maximum absolute atomic E-state index is 13.7. The molecular weight excluding hydrogens is 285 g/mol. The Morgan fingerprint density at radius 3 is 1.85 bits per heavy atom. The highest BCUT2D eigenvalue weighted by atomic mass is 19.2. The fourth-order valence-corrected chi connectivity index (χ4v) is 1.77. The third-order valence-corrected chi connectivity index (χ3v) is 2.72. The summed E-state index contributed by atoms with van der Waals surface area (Å²) in [7, 11) is 0. The van der Waals surface area contributed by atoms with Gasteiger partial charge in [-0.1, -0.05) is 0 Å². The van der Waals surface area contributed by atoms with Crippen LogP contribution in [0.15, 0.2) is 0 Å². The molecule has 2 aromatic rings. The molecule has 0 aliphatic rings. The number of rotatable bonds is 3. The SMILES string of the molecule is CCn1c(CO)nnc1-c1c(F)c(F)c(F)c(F)c1F. The molecule has 0 bridgehead atoms. The molecule has 1 N–H and O–H groups in total. The van der Waals surface area contributed by atoms with E-state index < -0.39 is 47.1 Å². The molecule has 1 heterocycles. The van der Waals surface area contributed by atoms with Gasteiger partial charge in [-0.3, -0.25) is 0 Å². The van der Waals surface area contributed by atoms with Crippen LogP contribution in [0.5, 0.6) is 0 Å². The minimum atomic E-state index is -2.24. The fraction of sp³-hybridized carbons (Fsp3) is 0.273. The van der Waals surface area contributed by atoms with Crippen LogP contribution in [0, 0.1) is 29.1 Å². The van der Waals surface area contributed by atoms with E-state index in [-0.39, 0.29) is 12.4 Å². The largest absolute Gasteiger partial charge is 0.388 e. The topological polar surface area (TPSA) is 50.9 Å². The molecule has 0 aliphatic heterocycles. The summed E-state index contributed by atoms with van der Waals surface area (Å²) in [6.45, 7) is 1.03. The Kier molecular flexibility index (Phi) is 3.71. The Bertz CT molecular complexity index is 642. The van der Waals surface area contributed by atoms with Gasteiger partial charge < -0.3 is 9.67 Å². The molecular formula is C11H8F5N3O. The van der Waals surface area contributed by atoms with Crippen molar-refractivity contribution in [3.05, 3.63) is 34.9 Å². The van der Waals surface area contributed by atoms with Crippen molar-refractivity contribution in [2.24, 2.45) is 0 Å². The molecule has 0 fully saturated rings. The third kappa shape index (κ3) is 1.94. The van der Waals surface area contributed by atoms with E-state index in [4.69, 9.17) is 5.11 Å². The molecule has 0 aliphatic carbocycles. The highest BCUT2D eigenvalue weighted by Gasteiger charge is 2.29. The van der Waals surface area contributed by atoms with Crippen molar-refractivity contribution in [3.63, 3.8) is 0 Å². The first-order valence-corrected chi connectivity index (χ1v) is 5.48. The Morgan fingerprint density at radius 1 is 0.900 bits per heavy atom. The second kappa shape index (κ2) is 5.16. The molecule has 1 aromatic heterocycles. The van der Waals surface area contributed by atoms with Gasteiger partial charge in [0.25, 0.3) is 0 Å². The van der Waals surface area contributed by atoms with E-state index in [0.717, 1.165) is 4.57 Å². The van der Waals surface area contributed by atoms with E-state index in [1.807, 2.05) is 0 Å². The molecule has 4 nitrogen and oxygen atoms in total. The Balaban J connectivity index is 2.80. The quantitative estimate of drug-likeness (QED) is 0.536. The third-order valence-electron chi connectivity index (χ3n) is 2.72. The number of hydrogen-bond donors (Lipinski definition) is 1. The van der Waals surface area contributed by atoms with Crippen LogP contribution in [-0.4, -0.2) is 19.9 Å². The standard InChI is InChI=1S/C11H8F5N3O/c1-2-19-4(3-20)17-18-11(19)5-6(12)8(14)10(16)9(15)7(5)13/h20H,2-3H2,1H3. The summed E-state index contributed by atoms with van der Waals surface area (Å²) in [4.78, 5) is 0. The number of halogens is 5.